The summed E-state index contributed by atoms with van der Waals surface area (Å²) in [5.74, 6) is 0.0864. The van der Waals surface area contributed by atoms with Gasteiger partial charge in [-0.15, -0.1) is 0 Å². The number of aryl methyl sites for hydroxylation is 1. The Morgan fingerprint density at radius 3 is 2.68 bits per heavy atom. The van der Waals surface area contributed by atoms with Crippen molar-refractivity contribution in [3.63, 3.8) is 0 Å². The first-order valence-corrected chi connectivity index (χ1v) is 7.11. The summed E-state index contributed by atoms with van der Waals surface area (Å²) in [4.78, 5) is 11.9. The molecule has 3 N–H and O–H groups in total. The zero-order valence-electron chi connectivity index (χ0n) is 11.9. The van der Waals surface area contributed by atoms with Crippen LogP contribution in [0.3, 0.4) is 0 Å². The lowest BCUT2D eigenvalue weighted by Crippen LogP contribution is -2.51. The average Bonchev–Trinajstić information content (AvgIpc) is 2.30. The fourth-order valence-electron chi connectivity index (χ4n) is 2.67. The molecule has 1 unspecified atom stereocenters. The number of carbonyl (C=O) groups excluding carboxylic acids is 1. The summed E-state index contributed by atoms with van der Waals surface area (Å²) in [5, 5.41) is 3.06. The summed E-state index contributed by atoms with van der Waals surface area (Å²) in [7, 11) is 0. The highest BCUT2D eigenvalue weighted by atomic mass is 16.1. The summed E-state index contributed by atoms with van der Waals surface area (Å²) >= 11 is 0. The average molecular weight is 260 g/mol. The molecule has 2 rings (SSSR count). The molecular formula is C16H24N2O. The van der Waals surface area contributed by atoms with E-state index >= 15 is 0 Å². The molecule has 19 heavy (non-hydrogen) atoms. The largest absolute Gasteiger partial charge is 0.353 e. The second-order valence-electron chi connectivity index (χ2n) is 5.99. The van der Waals surface area contributed by atoms with Crippen molar-refractivity contribution in [3.8, 4) is 0 Å². The predicted octanol–water partition coefficient (Wildman–Crippen LogP) is 2.31. The van der Waals surface area contributed by atoms with Crippen LogP contribution in [0.4, 0.5) is 0 Å². The summed E-state index contributed by atoms with van der Waals surface area (Å²) in [6.45, 7) is 4.15. The van der Waals surface area contributed by atoms with E-state index in [1.54, 1.807) is 0 Å². The van der Waals surface area contributed by atoms with E-state index in [1.165, 1.54) is 11.1 Å². The van der Waals surface area contributed by atoms with Gasteiger partial charge in [0, 0.05) is 18.0 Å². The lowest BCUT2D eigenvalue weighted by atomic mass is 9.75. The number of benzene rings is 1. The van der Waals surface area contributed by atoms with E-state index in [2.05, 4.69) is 24.4 Å². The molecule has 1 aliphatic rings. The Balaban J connectivity index is 1.82. The van der Waals surface area contributed by atoms with Gasteiger partial charge in [-0.3, -0.25) is 4.79 Å². The van der Waals surface area contributed by atoms with Gasteiger partial charge >= 0.3 is 0 Å². The van der Waals surface area contributed by atoms with Crippen LogP contribution in [0.2, 0.25) is 0 Å². The molecule has 3 nitrogen and oxygen atoms in total. The van der Waals surface area contributed by atoms with Crippen LogP contribution in [-0.4, -0.2) is 17.5 Å². The molecule has 0 radical (unpaired) electrons. The number of carbonyl (C=O) groups is 1. The molecule has 0 saturated heterocycles. The normalized spacial score (nSPS) is 18.5. The first-order chi connectivity index (χ1) is 8.98. The minimum Gasteiger partial charge on any atom is -0.353 e. The lowest BCUT2D eigenvalue weighted by Gasteiger charge is -2.37. The molecule has 0 heterocycles. The maximum atomic E-state index is 11.9. The molecule has 0 spiro atoms. The van der Waals surface area contributed by atoms with E-state index in [-0.39, 0.29) is 17.5 Å². The summed E-state index contributed by atoms with van der Waals surface area (Å²) in [6.07, 6.45) is 4.45. The van der Waals surface area contributed by atoms with Crippen LogP contribution in [-0.2, 0) is 11.2 Å². The van der Waals surface area contributed by atoms with Gasteiger partial charge in [-0.25, -0.2) is 0 Å². The van der Waals surface area contributed by atoms with Crippen molar-refractivity contribution in [2.24, 2.45) is 5.73 Å². The van der Waals surface area contributed by atoms with E-state index in [9.17, 15) is 4.79 Å². The lowest BCUT2D eigenvalue weighted by molar-refractivity contribution is -0.123. The van der Waals surface area contributed by atoms with Crippen LogP contribution < -0.4 is 11.1 Å². The predicted molar refractivity (Wildman–Crippen MR) is 77.9 cm³/mol. The van der Waals surface area contributed by atoms with Gasteiger partial charge in [0.15, 0.2) is 0 Å². The first-order valence-electron chi connectivity index (χ1n) is 7.11. The van der Waals surface area contributed by atoms with Crippen LogP contribution >= 0.6 is 0 Å². The van der Waals surface area contributed by atoms with Gasteiger partial charge in [0.2, 0.25) is 5.91 Å². The first kappa shape index (κ1) is 14.1. The quantitative estimate of drug-likeness (QED) is 0.853. The van der Waals surface area contributed by atoms with Gasteiger partial charge in [0.1, 0.15) is 0 Å². The van der Waals surface area contributed by atoms with Gasteiger partial charge in [0.05, 0.1) is 0 Å². The van der Waals surface area contributed by atoms with Gasteiger partial charge in [-0.05, 0) is 50.7 Å². The Kier molecular flexibility index (Phi) is 4.25. The molecule has 0 aliphatic heterocycles. The SMILES string of the molecule is Cc1ccccc1CC(C)NC(=O)CC1(N)CCC1. The minimum atomic E-state index is -0.230. The summed E-state index contributed by atoms with van der Waals surface area (Å²) < 4.78 is 0. The van der Waals surface area contributed by atoms with Crippen molar-refractivity contribution >= 4 is 5.91 Å². The zero-order valence-corrected chi connectivity index (χ0v) is 11.9. The topological polar surface area (TPSA) is 55.1 Å². The van der Waals surface area contributed by atoms with Crippen molar-refractivity contribution in [2.45, 2.75) is 57.5 Å². The molecule has 1 aromatic rings. The number of hydrogen-bond donors (Lipinski definition) is 2. The Labute approximate surface area is 115 Å². The van der Waals surface area contributed by atoms with Gasteiger partial charge in [0.25, 0.3) is 0 Å². The summed E-state index contributed by atoms with van der Waals surface area (Å²) in [5.41, 5.74) is 8.43. The van der Waals surface area contributed by atoms with Crippen molar-refractivity contribution < 1.29 is 4.79 Å². The highest BCUT2D eigenvalue weighted by molar-refractivity contribution is 5.77. The molecular weight excluding hydrogens is 236 g/mol. The van der Waals surface area contributed by atoms with Gasteiger partial charge in [-0.2, -0.15) is 0 Å². The zero-order chi connectivity index (χ0) is 13.9. The van der Waals surface area contributed by atoms with E-state index < -0.39 is 0 Å². The van der Waals surface area contributed by atoms with E-state index in [0.717, 1.165) is 25.7 Å². The molecule has 0 aromatic heterocycles. The molecule has 1 amide bonds. The number of rotatable bonds is 5. The highest BCUT2D eigenvalue weighted by Crippen LogP contribution is 2.31. The van der Waals surface area contributed by atoms with Crippen LogP contribution in [0.15, 0.2) is 24.3 Å². The fourth-order valence-corrected chi connectivity index (χ4v) is 2.67. The Hall–Kier alpha value is -1.35. The second-order valence-corrected chi connectivity index (χ2v) is 5.99. The molecule has 1 aliphatic carbocycles. The standard InChI is InChI=1S/C16H24N2O/c1-12-6-3-4-7-14(12)10-13(2)18-15(19)11-16(17)8-5-9-16/h3-4,6-7,13H,5,8-11,17H2,1-2H3,(H,18,19). The fraction of sp³-hybridized carbons (Fsp3) is 0.562. The van der Waals surface area contributed by atoms with Crippen molar-refractivity contribution in [1.82, 2.24) is 5.32 Å². The van der Waals surface area contributed by atoms with Gasteiger partial charge in [-0.1, -0.05) is 24.3 Å². The number of amides is 1. The van der Waals surface area contributed by atoms with E-state index in [4.69, 9.17) is 5.73 Å². The monoisotopic (exact) mass is 260 g/mol. The third-order valence-electron chi connectivity index (χ3n) is 4.06. The Morgan fingerprint density at radius 1 is 1.42 bits per heavy atom. The van der Waals surface area contributed by atoms with Crippen LogP contribution in [0.1, 0.15) is 43.7 Å². The molecule has 1 fully saturated rings. The number of hydrogen-bond acceptors (Lipinski definition) is 2. The maximum Gasteiger partial charge on any atom is 0.222 e. The van der Waals surface area contributed by atoms with E-state index in [1.807, 2.05) is 19.1 Å². The Morgan fingerprint density at radius 2 is 2.11 bits per heavy atom. The van der Waals surface area contributed by atoms with Crippen molar-refractivity contribution in [2.75, 3.05) is 0 Å². The minimum absolute atomic E-state index is 0.0864. The van der Waals surface area contributed by atoms with Crippen molar-refractivity contribution in [3.05, 3.63) is 35.4 Å². The van der Waals surface area contributed by atoms with Crippen LogP contribution in [0, 0.1) is 6.92 Å². The molecule has 1 saturated carbocycles. The molecule has 104 valence electrons. The van der Waals surface area contributed by atoms with Gasteiger partial charge < -0.3 is 11.1 Å². The molecule has 1 aromatic carbocycles. The highest BCUT2D eigenvalue weighted by Gasteiger charge is 2.34. The second kappa shape index (κ2) is 5.74. The Bertz CT molecular complexity index is 452. The maximum absolute atomic E-state index is 11.9. The smallest absolute Gasteiger partial charge is 0.222 e. The summed E-state index contributed by atoms with van der Waals surface area (Å²) in [6, 6.07) is 8.45. The number of nitrogens with one attached hydrogen (secondary N) is 1. The number of nitrogens with two attached hydrogens (primary N) is 1. The van der Waals surface area contributed by atoms with E-state index in [0.29, 0.717) is 6.42 Å². The van der Waals surface area contributed by atoms with Crippen LogP contribution in [0.5, 0.6) is 0 Å². The van der Waals surface area contributed by atoms with Crippen molar-refractivity contribution in [1.29, 1.82) is 0 Å². The molecule has 0 bridgehead atoms. The third-order valence-corrected chi connectivity index (χ3v) is 4.06. The molecule has 3 heteroatoms. The van der Waals surface area contributed by atoms with Crippen LogP contribution in [0.25, 0.3) is 0 Å². The molecule has 1 atom stereocenters. The third kappa shape index (κ3) is 3.80.